The van der Waals surface area contributed by atoms with Crippen LogP contribution >= 0.6 is 27.5 Å². The number of nitrogens with zero attached hydrogens (tertiary/aromatic N) is 1. The summed E-state index contributed by atoms with van der Waals surface area (Å²) in [4.78, 5) is 0.278. The average Bonchev–Trinajstić information content (AvgIpc) is 2.95. The molecule has 172 valence electrons. The van der Waals surface area contributed by atoms with Crippen LogP contribution in [0.15, 0.2) is 51.4 Å². The van der Waals surface area contributed by atoms with E-state index in [4.69, 9.17) is 11.6 Å². The number of aliphatic hydroxyl groups is 1. The van der Waals surface area contributed by atoms with E-state index in [9.17, 15) is 13.5 Å². The van der Waals surface area contributed by atoms with Gasteiger partial charge in [-0.15, -0.1) is 0 Å². The molecule has 0 heterocycles. The van der Waals surface area contributed by atoms with Crippen LogP contribution in [0.25, 0.3) is 0 Å². The van der Waals surface area contributed by atoms with Crippen LogP contribution in [0.4, 0.5) is 0 Å². The first-order chi connectivity index (χ1) is 14.7. The number of rotatable bonds is 9. The van der Waals surface area contributed by atoms with Crippen molar-refractivity contribution in [2.45, 2.75) is 75.8 Å². The Morgan fingerprint density at radius 2 is 1.77 bits per heavy atom. The minimum Gasteiger partial charge on any atom is -0.393 e. The Morgan fingerprint density at radius 1 is 1.16 bits per heavy atom. The quantitative estimate of drug-likeness (QED) is 0.381. The molecule has 2 fully saturated rings. The maximum atomic E-state index is 13.6. The molecule has 2 aliphatic rings. The normalized spacial score (nSPS) is 27.2. The Hall–Kier alpha value is -0.660. The van der Waals surface area contributed by atoms with Crippen molar-refractivity contribution in [1.82, 2.24) is 4.31 Å². The van der Waals surface area contributed by atoms with Gasteiger partial charge in [0.05, 0.1) is 11.0 Å². The van der Waals surface area contributed by atoms with E-state index in [1.165, 1.54) is 0 Å². The number of fused-ring (bicyclic) bond motifs is 2. The number of benzene rings is 1. The minimum absolute atomic E-state index is 0.0747. The number of aliphatic hydroxyl groups excluding tert-OH is 1. The van der Waals surface area contributed by atoms with Gasteiger partial charge in [0, 0.05) is 22.1 Å². The van der Waals surface area contributed by atoms with E-state index < -0.39 is 10.0 Å². The van der Waals surface area contributed by atoms with Gasteiger partial charge in [-0.2, -0.15) is 4.31 Å². The van der Waals surface area contributed by atoms with E-state index in [0.717, 1.165) is 48.6 Å². The maximum Gasteiger partial charge on any atom is 0.243 e. The minimum atomic E-state index is -3.65. The summed E-state index contributed by atoms with van der Waals surface area (Å²) in [5.74, 6) is 0.408. The Kier molecular flexibility index (Phi) is 8.84. The molecular weight excluding hydrogens is 498 g/mol. The topological polar surface area (TPSA) is 57.6 Å². The second kappa shape index (κ2) is 11.0. The standard InChI is InChI=1S/C24H33BrClNO3S/c1-3-4-7-23(25)17(2)6-5-14-27(21-15-18-8-9-19(16-21)24(18)28)31(29,30)22-12-10-20(26)11-13-22/h6-7,10-13,18-19,21,24,28H,3-5,8-9,14-16H2,1-2H3. The lowest BCUT2D eigenvalue weighted by Gasteiger charge is -2.38. The Morgan fingerprint density at radius 3 is 2.35 bits per heavy atom. The van der Waals surface area contributed by atoms with Crippen LogP contribution in [-0.4, -0.2) is 36.5 Å². The summed E-state index contributed by atoms with van der Waals surface area (Å²) in [6.45, 7) is 4.62. The highest BCUT2D eigenvalue weighted by Crippen LogP contribution is 2.44. The van der Waals surface area contributed by atoms with Gasteiger partial charge in [-0.25, -0.2) is 8.42 Å². The third-order valence-corrected chi connectivity index (χ3v) is 9.81. The van der Waals surface area contributed by atoms with E-state index in [-0.39, 0.29) is 28.9 Å². The third kappa shape index (κ3) is 6.02. The molecule has 0 aromatic heterocycles. The van der Waals surface area contributed by atoms with Gasteiger partial charge in [0.1, 0.15) is 0 Å². The molecule has 31 heavy (non-hydrogen) atoms. The highest BCUT2D eigenvalue weighted by atomic mass is 79.9. The molecule has 0 amide bonds. The van der Waals surface area contributed by atoms with Gasteiger partial charge in [-0.1, -0.05) is 53.0 Å². The van der Waals surface area contributed by atoms with Crippen LogP contribution in [0.3, 0.4) is 0 Å². The molecule has 2 saturated carbocycles. The highest BCUT2D eigenvalue weighted by molar-refractivity contribution is 9.12. The smallest absolute Gasteiger partial charge is 0.243 e. The van der Waals surface area contributed by atoms with Gasteiger partial charge in [-0.3, -0.25) is 0 Å². The molecule has 1 aromatic carbocycles. The van der Waals surface area contributed by atoms with Crippen molar-refractivity contribution in [3.8, 4) is 0 Å². The van der Waals surface area contributed by atoms with Crippen molar-refractivity contribution in [3.63, 3.8) is 0 Å². The average molecular weight is 531 g/mol. The lowest BCUT2D eigenvalue weighted by molar-refractivity contribution is 0.0334. The first kappa shape index (κ1) is 25.0. The molecule has 0 saturated heterocycles. The number of hydrogen-bond acceptors (Lipinski definition) is 3. The zero-order valence-corrected chi connectivity index (χ0v) is 21.5. The predicted molar refractivity (Wildman–Crippen MR) is 131 cm³/mol. The molecule has 2 aliphatic carbocycles. The number of unbranched alkanes of at least 4 members (excludes halogenated alkanes) is 1. The molecule has 2 bridgehead atoms. The number of hydrogen-bond donors (Lipinski definition) is 1. The first-order valence-corrected chi connectivity index (χ1v) is 13.8. The van der Waals surface area contributed by atoms with Crippen LogP contribution in [0.5, 0.6) is 0 Å². The fraction of sp³-hybridized carbons (Fsp3) is 0.583. The van der Waals surface area contributed by atoms with Gasteiger partial charge in [-0.05, 0) is 87.1 Å². The van der Waals surface area contributed by atoms with Gasteiger partial charge in [0.15, 0.2) is 0 Å². The van der Waals surface area contributed by atoms with Crippen molar-refractivity contribution in [3.05, 3.63) is 51.5 Å². The first-order valence-electron chi connectivity index (χ1n) is 11.2. The summed E-state index contributed by atoms with van der Waals surface area (Å²) < 4.78 is 29.9. The Balaban J connectivity index is 1.82. The number of allylic oxidation sites excluding steroid dienone is 3. The van der Waals surface area contributed by atoms with Crippen LogP contribution in [0.1, 0.15) is 58.8 Å². The summed E-state index contributed by atoms with van der Waals surface area (Å²) in [5, 5.41) is 11.0. The molecule has 7 heteroatoms. The van der Waals surface area contributed by atoms with Gasteiger partial charge in [0.25, 0.3) is 0 Å². The molecule has 0 radical (unpaired) electrons. The van der Waals surface area contributed by atoms with Crippen LogP contribution in [-0.2, 0) is 10.0 Å². The van der Waals surface area contributed by atoms with Gasteiger partial charge < -0.3 is 5.11 Å². The van der Waals surface area contributed by atoms with E-state index in [1.807, 2.05) is 6.92 Å². The zero-order chi connectivity index (χ0) is 22.6. The fourth-order valence-corrected chi connectivity index (χ4v) is 7.06. The summed E-state index contributed by atoms with van der Waals surface area (Å²) in [6.07, 6.45) is 10.2. The summed E-state index contributed by atoms with van der Waals surface area (Å²) in [7, 11) is -3.65. The molecule has 4 nitrogen and oxygen atoms in total. The molecule has 2 unspecified atom stereocenters. The van der Waals surface area contributed by atoms with Gasteiger partial charge >= 0.3 is 0 Å². The fourth-order valence-electron chi connectivity index (χ4n) is 4.88. The van der Waals surface area contributed by atoms with Crippen LogP contribution in [0, 0.1) is 11.8 Å². The van der Waals surface area contributed by atoms with E-state index in [1.54, 1.807) is 28.6 Å². The number of halogens is 2. The van der Waals surface area contributed by atoms with Crippen LogP contribution in [0.2, 0.25) is 5.02 Å². The summed E-state index contributed by atoms with van der Waals surface area (Å²) in [6, 6.07) is 6.35. The molecule has 2 atom stereocenters. The Labute approximate surface area is 200 Å². The maximum absolute atomic E-state index is 13.6. The SMILES string of the molecule is CCCC=C(Br)C(C)=CCCN(C1CC2CCC(C1)C2O)S(=O)(=O)c1ccc(Cl)cc1. The molecule has 3 rings (SSSR count). The lowest BCUT2D eigenvalue weighted by atomic mass is 9.83. The van der Waals surface area contributed by atoms with Crippen molar-refractivity contribution < 1.29 is 13.5 Å². The number of sulfonamides is 1. The molecule has 1 N–H and O–H groups in total. The van der Waals surface area contributed by atoms with Crippen molar-refractivity contribution in [2.75, 3.05) is 6.54 Å². The predicted octanol–water partition coefficient (Wildman–Crippen LogP) is 6.30. The molecule has 1 aromatic rings. The molecule has 0 aliphatic heterocycles. The van der Waals surface area contributed by atoms with Gasteiger partial charge in [0.2, 0.25) is 10.0 Å². The second-order valence-corrected chi connectivity index (χ2v) is 12.0. The van der Waals surface area contributed by atoms with E-state index in [2.05, 4.69) is 35.0 Å². The van der Waals surface area contributed by atoms with Crippen molar-refractivity contribution in [2.24, 2.45) is 11.8 Å². The van der Waals surface area contributed by atoms with E-state index in [0.29, 0.717) is 18.0 Å². The van der Waals surface area contributed by atoms with Crippen molar-refractivity contribution >= 4 is 37.6 Å². The third-order valence-electron chi connectivity index (χ3n) is 6.64. The van der Waals surface area contributed by atoms with Crippen molar-refractivity contribution in [1.29, 1.82) is 0 Å². The van der Waals surface area contributed by atoms with Crippen LogP contribution < -0.4 is 0 Å². The van der Waals surface area contributed by atoms with E-state index >= 15 is 0 Å². The highest BCUT2D eigenvalue weighted by Gasteiger charge is 2.45. The molecule has 0 spiro atoms. The summed E-state index contributed by atoms with van der Waals surface area (Å²) >= 11 is 9.61. The monoisotopic (exact) mass is 529 g/mol. The second-order valence-electron chi connectivity index (χ2n) is 8.80. The lowest BCUT2D eigenvalue weighted by Crippen LogP contribution is -2.46. The zero-order valence-electron chi connectivity index (χ0n) is 18.3. The largest absolute Gasteiger partial charge is 0.393 e. The Bertz CT molecular complexity index is 899. The molecular formula is C24H33BrClNO3S. The summed E-state index contributed by atoms with van der Waals surface area (Å²) in [5.41, 5.74) is 1.12.